The molecule has 0 spiro atoms. The van der Waals surface area contributed by atoms with Gasteiger partial charge in [-0.25, -0.2) is 4.98 Å². The number of oxime groups is 1. The molecule has 166 valence electrons. The number of carbonyl (C=O) groups is 3. The number of carboxylic acids is 1. The fraction of sp³-hybridized carbons (Fsp3) is 0.526. The molecule has 2 unspecified atom stereocenters. The van der Waals surface area contributed by atoms with Crippen LogP contribution in [0.4, 0.5) is 5.13 Å². The van der Waals surface area contributed by atoms with Crippen LogP contribution in [0.1, 0.15) is 25.5 Å². The van der Waals surface area contributed by atoms with Gasteiger partial charge in [0, 0.05) is 17.7 Å². The van der Waals surface area contributed by atoms with Crippen LogP contribution in [0.25, 0.3) is 0 Å². The lowest BCUT2D eigenvalue weighted by Gasteiger charge is -2.53. The van der Waals surface area contributed by atoms with Gasteiger partial charge in [-0.3, -0.25) is 14.4 Å². The van der Waals surface area contributed by atoms with Crippen LogP contribution in [0, 0.1) is 11.3 Å². The predicted molar refractivity (Wildman–Crippen MR) is 117 cm³/mol. The minimum absolute atomic E-state index is 0.0329. The van der Waals surface area contributed by atoms with E-state index in [1.54, 1.807) is 24.5 Å². The number of thioether (sulfide) groups is 1. The minimum atomic E-state index is -1.12. The normalized spacial score (nSPS) is 28.2. The summed E-state index contributed by atoms with van der Waals surface area (Å²) in [6.45, 7) is 2.25. The number of nitrogens with one attached hydrogen (secondary N) is 1. The fourth-order valence-electron chi connectivity index (χ4n) is 3.52. The molecule has 31 heavy (non-hydrogen) atoms. The molecule has 3 atom stereocenters. The first-order valence-corrected chi connectivity index (χ1v) is 11.8. The van der Waals surface area contributed by atoms with Gasteiger partial charge in [0.05, 0.1) is 0 Å². The lowest BCUT2D eigenvalue weighted by atomic mass is 9.86. The van der Waals surface area contributed by atoms with Gasteiger partial charge in [-0.2, -0.15) is 0 Å². The Bertz CT molecular complexity index is 959. The summed E-state index contributed by atoms with van der Waals surface area (Å²) in [6.07, 6.45) is 5.46. The summed E-state index contributed by atoms with van der Waals surface area (Å²) in [6, 6.07) is -0.764. The summed E-state index contributed by atoms with van der Waals surface area (Å²) in [5.74, 6) is -1.11. The Labute approximate surface area is 186 Å². The van der Waals surface area contributed by atoms with E-state index >= 15 is 0 Å². The zero-order valence-corrected chi connectivity index (χ0v) is 18.4. The van der Waals surface area contributed by atoms with Crippen LogP contribution >= 0.6 is 23.1 Å². The van der Waals surface area contributed by atoms with Crippen molar-refractivity contribution in [1.82, 2.24) is 15.2 Å². The first-order chi connectivity index (χ1) is 14.8. The number of aromatic nitrogens is 1. The van der Waals surface area contributed by atoms with E-state index in [-0.39, 0.29) is 29.2 Å². The summed E-state index contributed by atoms with van der Waals surface area (Å²) in [5.41, 5.74) is 4.82. The number of hydrogen-bond acceptors (Lipinski definition) is 9. The van der Waals surface area contributed by atoms with Gasteiger partial charge in [-0.1, -0.05) is 17.3 Å². The molecular weight excluding hydrogens is 442 g/mol. The maximum absolute atomic E-state index is 12.9. The first kappa shape index (κ1) is 21.6. The highest BCUT2D eigenvalue weighted by molar-refractivity contribution is 8.00. The molecule has 1 aromatic rings. The van der Waals surface area contributed by atoms with Crippen LogP contribution in [0.15, 0.2) is 22.7 Å². The number of allylic oxidation sites excluding steroid dienone is 1. The summed E-state index contributed by atoms with van der Waals surface area (Å²) in [5, 5.41) is 17.9. The molecule has 10 nitrogen and oxygen atoms in total. The summed E-state index contributed by atoms with van der Waals surface area (Å²) >= 11 is 2.51. The molecule has 4 N–H and O–H groups in total. The molecule has 1 saturated carbocycles. The van der Waals surface area contributed by atoms with Crippen molar-refractivity contribution in [2.24, 2.45) is 16.5 Å². The van der Waals surface area contributed by atoms with Gasteiger partial charge < -0.3 is 25.9 Å². The number of thiazole rings is 1. The van der Waals surface area contributed by atoms with Crippen molar-refractivity contribution in [2.45, 2.75) is 31.2 Å². The first-order valence-electron chi connectivity index (χ1n) is 9.86. The van der Waals surface area contributed by atoms with E-state index in [0.717, 1.165) is 12.8 Å². The van der Waals surface area contributed by atoms with E-state index in [1.165, 1.54) is 28.0 Å². The Morgan fingerprint density at radius 2 is 2.29 bits per heavy atom. The second-order valence-electron chi connectivity index (χ2n) is 7.83. The van der Waals surface area contributed by atoms with Gasteiger partial charge in [0.25, 0.3) is 5.91 Å². The van der Waals surface area contributed by atoms with Crippen LogP contribution < -0.4 is 11.1 Å². The standard InChI is InChI=1S/C19H23N5O5S2/c1-2-5-19(17(27)28)8-24-15(26)13(16(24)31-9-19)22-14(25)12(11-7-30-18(20)21-11)23-29-6-10-3-4-10/h2,5,7,10,13,16H,3-4,6,8-9H2,1H3,(H2,20,21)(H,22,25)(H,27,28)/t13?,16-,19?/m1/s1. The Morgan fingerprint density at radius 3 is 2.90 bits per heavy atom. The zero-order valence-electron chi connectivity index (χ0n) is 16.8. The average molecular weight is 466 g/mol. The third-order valence-electron chi connectivity index (χ3n) is 5.45. The molecule has 12 heteroatoms. The zero-order chi connectivity index (χ0) is 22.2. The van der Waals surface area contributed by atoms with E-state index in [9.17, 15) is 19.5 Å². The molecule has 0 aromatic carbocycles. The SMILES string of the molecule is CC=CC1(C(=O)O)CS[C@@H]2C(NC(=O)C(=NOCC3CC3)c3csc(N)n3)C(=O)N2C1. The highest BCUT2D eigenvalue weighted by atomic mass is 32.2. The number of amides is 2. The summed E-state index contributed by atoms with van der Waals surface area (Å²) in [4.78, 5) is 48.3. The summed E-state index contributed by atoms with van der Waals surface area (Å²) in [7, 11) is 0. The van der Waals surface area contributed by atoms with Crippen LogP contribution in [-0.4, -0.2) is 68.8 Å². The molecule has 3 heterocycles. The smallest absolute Gasteiger partial charge is 0.316 e. The number of fused-ring (bicyclic) bond motifs is 1. The quantitative estimate of drug-likeness (QED) is 0.222. The van der Waals surface area contributed by atoms with Crippen molar-refractivity contribution in [3.63, 3.8) is 0 Å². The molecule has 3 fully saturated rings. The van der Waals surface area contributed by atoms with Gasteiger partial charge in [0.15, 0.2) is 10.8 Å². The lowest BCUT2D eigenvalue weighted by molar-refractivity contribution is -0.156. The predicted octanol–water partition coefficient (Wildman–Crippen LogP) is 0.903. The van der Waals surface area contributed by atoms with Crippen molar-refractivity contribution >= 4 is 51.7 Å². The van der Waals surface area contributed by atoms with Crippen molar-refractivity contribution in [1.29, 1.82) is 0 Å². The summed E-state index contributed by atoms with van der Waals surface area (Å²) < 4.78 is 0. The number of carboxylic acid groups (broad SMARTS) is 1. The number of anilines is 1. The van der Waals surface area contributed by atoms with E-state index in [2.05, 4.69) is 15.5 Å². The van der Waals surface area contributed by atoms with E-state index in [1.807, 2.05) is 0 Å². The Hall–Kier alpha value is -2.60. The molecule has 4 rings (SSSR count). The third-order valence-corrected chi connectivity index (χ3v) is 7.67. The maximum atomic E-state index is 12.9. The second kappa shape index (κ2) is 8.50. The number of hydrogen-bond donors (Lipinski definition) is 3. The molecule has 2 saturated heterocycles. The maximum Gasteiger partial charge on any atom is 0.316 e. The number of nitrogens with two attached hydrogens (primary N) is 1. The van der Waals surface area contributed by atoms with Crippen LogP contribution in [0.5, 0.6) is 0 Å². The Balaban J connectivity index is 1.45. The highest BCUT2D eigenvalue weighted by Crippen LogP contribution is 2.43. The van der Waals surface area contributed by atoms with Gasteiger partial charge in [0.2, 0.25) is 5.91 Å². The molecule has 1 aromatic heterocycles. The van der Waals surface area contributed by atoms with Crippen molar-refractivity contribution in [2.75, 3.05) is 24.6 Å². The fourth-order valence-corrected chi connectivity index (χ4v) is 5.58. The van der Waals surface area contributed by atoms with Gasteiger partial charge in [0.1, 0.15) is 29.1 Å². The number of nitrogen functional groups attached to an aromatic ring is 1. The van der Waals surface area contributed by atoms with E-state index < -0.39 is 23.3 Å². The van der Waals surface area contributed by atoms with Crippen LogP contribution in [0.2, 0.25) is 0 Å². The molecule has 0 radical (unpaired) electrons. The van der Waals surface area contributed by atoms with Gasteiger partial charge in [-0.05, 0) is 25.7 Å². The number of carbonyl (C=O) groups excluding carboxylic acids is 2. The van der Waals surface area contributed by atoms with Gasteiger partial charge in [-0.15, -0.1) is 23.1 Å². The average Bonchev–Trinajstić information content (AvgIpc) is 3.47. The Morgan fingerprint density at radius 1 is 1.52 bits per heavy atom. The number of aliphatic carboxylic acids is 1. The lowest BCUT2D eigenvalue weighted by Crippen LogP contribution is -2.73. The second-order valence-corrected chi connectivity index (χ2v) is 9.82. The topological polar surface area (TPSA) is 147 Å². The number of β-lactam (4-membered cyclic amide) rings is 1. The van der Waals surface area contributed by atoms with Crippen molar-refractivity contribution in [3.8, 4) is 0 Å². The Kier molecular flexibility index (Phi) is 5.93. The molecular formula is C19H23N5O5S2. The number of rotatable bonds is 8. The van der Waals surface area contributed by atoms with Crippen LogP contribution in [-0.2, 0) is 19.2 Å². The molecule has 1 aliphatic carbocycles. The molecule has 3 aliphatic rings. The largest absolute Gasteiger partial charge is 0.481 e. The minimum Gasteiger partial charge on any atom is -0.481 e. The molecule has 2 aliphatic heterocycles. The number of nitrogens with zero attached hydrogens (tertiary/aromatic N) is 3. The van der Waals surface area contributed by atoms with Gasteiger partial charge >= 0.3 is 5.97 Å². The van der Waals surface area contributed by atoms with E-state index in [0.29, 0.717) is 23.4 Å². The molecule has 0 bridgehead atoms. The molecule has 2 amide bonds. The van der Waals surface area contributed by atoms with Crippen molar-refractivity contribution < 1.29 is 24.3 Å². The highest BCUT2D eigenvalue weighted by Gasteiger charge is 2.56. The van der Waals surface area contributed by atoms with E-state index in [4.69, 9.17) is 10.6 Å². The third kappa shape index (κ3) is 4.26. The monoisotopic (exact) mass is 465 g/mol. The van der Waals surface area contributed by atoms with Crippen molar-refractivity contribution in [3.05, 3.63) is 23.2 Å². The van der Waals surface area contributed by atoms with Crippen LogP contribution in [0.3, 0.4) is 0 Å².